The zero-order chi connectivity index (χ0) is 8.39. The number of nitrogens with one attached hydrogen (secondary N) is 1. The number of rotatable bonds is 1. The summed E-state index contributed by atoms with van der Waals surface area (Å²) in [6.45, 7) is 2.23. The van der Waals surface area contributed by atoms with Crippen molar-refractivity contribution in [2.45, 2.75) is 31.8 Å². The van der Waals surface area contributed by atoms with Crippen molar-refractivity contribution >= 4 is 0 Å². The topological polar surface area (TPSA) is 24.9 Å². The molecule has 1 saturated heterocycles. The molecule has 2 nitrogen and oxygen atoms in total. The van der Waals surface area contributed by atoms with Crippen LogP contribution < -0.4 is 5.32 Å². The van der Waals surface area contributed by atoms with Crippen molar-refractivity contribution in [2.75, 3.05) is 0 Å². The quantitative estimate of drug-likeness (QED) is 0.682. The van der Waals surface area contributed by atoms with Crippen LogP contribution in [0.4, 0.5) is 0 Å². The summed E-state index contributed by atoms with van der Waals surface area (Å²) < 4.78 is 0. The molecule has 0 radical (unpaired) electrons. The number of aromatic nitrogens is 1. The van der Waals surface area contributed by atoms with Gasteiger partial charge in [0, 0.05) is 24.5 Å². The van der Waals surface area contributed by atoms with Crippen LogP contribution in [0.2, 0.25) is 0 Å². The maximum Gasteiger partial charge on any atom is 0.0338 e. The highest BCUT2D eigenvalue weighted by atomic mass is 15.0. The van der Waals surface area contributed by atoms with E-state index >= 15 is 0 Å². The van der Waals surface area contributed by atoms with Crippen LogP contribution >= 0.6 is 0 Å². The van der Waals surface area contributed by atoms with Crippen LogP contribution in [0.15, 0.2) is 24.5 Å². The third-order valence-electron chi connectivity index (χ3n) is 2.46. The molecule has 1 aliphatic rings. The highest BCUT2D eigenvalue weighted by molar-refractivity contribution is 5.15. The van der Waals surface area contributed by atoms with Gasteiger partial charge in [0.1, 0.15) is 0 Å². The van der Waals surface area contributed by atoms with Gasteiger partial charge in [0.05, 0.1) is 0 Å². The van der Waals surface area contributed by atoms with Gasteiger partial charge in [-0.3, -0.25) is 4.98 Å². The van der Waals surface area contributed by atoms with E-state index in [1.807, 2.05) is 18.5 Å². The monoisotopic (exact) mass is 162 g/mol. The normalized spacial score (nSPS) is 29.1. The molecule has 2 unspecified atom stereocenters. The van der Waals surface area contributed by atoms with Crippen LogP contribution in [0.1, 0.15) is 31.4 Å². The van der Waals surface area contributed by atoms with Crippen LogP contribution in [0, 0.1) is 0 Å². The Kier molecular flexibility index (Phi) is 2.09. The molecule has 64 valence electrons. The fraction of sp³-hybridized carbons (Fsp3) is 0.500. The minimum absolute atomic E-state index is 0.536. The summed E-state index contributed by atoms with van der Waals surface area (Å²) in [5.41, 5.74) is 1.32. The Hall–Kier alpha value is -0.890. The number of hydrogen-bond acceptors (Lipinski definition) is 2. The van der Waals surface area contributed by atoms with E-state index in [0.29, 0.717) is 12.1 Å². The maximum absolute atomic E-state index is 4.11. The Morgan fingerprint density at radius 1 is 1.50 bits per heavy atom. The minimum atomic E-state index is 0.536. The third-order valence-corrected chi connectivity index (χ3v) is 2.46. The molecule has 1 fully saturated rings. The van der Waals surface area contributed by atoms with E-state index in [9.17, 15) is 0 Å². The molecule has 1 N–H and O–H groups in total. The molecule has 0 aliphatic carbocycles. The standard InChI is InChI=1S/C10H14N2/c1-8-4-5-10(12-8)9-3-2-6-11-7-9/h2-3,6-8,10,12H,4-5H2,1H3. The van der Waals surface area contributed by atoms with Gasteiger partial charge in [-0.25, -0.2) is 0 Å². The van der Waals surface area contributed by atoms with Crippen LogP contribution in [0.25, 0.3) is 0 Å². The molecule has 2 heterocycles. The van der Waals surface area contributed by atoms with Crippen molar-refractivity contribution in [1.29, 1.82) is 0 Å². The van der Waals surface area contributed by atoms with Crippen molar-refractivity contribution in [2.24, 2.45) is 0 Å². The second-order valence-electron chi connectivity index (χ2n) is 3.48. The number of nitrogens with zero attached hydrogens (tertiary/aromatic N) is 1. The van der Waals surface area contributed by atoms with Crippen LogP contribution in [-0.2, 0) is 0 Å². The van der Waals surface area contributed by atoms with E-state index in [-0.39, 0.29) is 0 Å². The molecule has 2 rings (SSSR count). The Morgan fingerprint density at radius 3 is 3.00 bits per heavy atom. The first-order chi connectivity index (χ1) is 5.86. The lowest BCUT2D eigenvalue weighted by atomic mass is 10.1. The van der Waals surface area contributed by atoms with Gasteiger partial charge >= 0.3 is 0 Å². The molecule has 0 saturated carbocycles. The predicted molar refractivity (Wildman–Crippen MR) is 48.8 cm³/mol. The lowest BCUT2D eigenvalue weighted by molar-refractivity contribution is 0.584. The van der Waals surface area contributed by atoms with Gasteiger partial charge in [-0.05, 0) is 31.4 Å². The molecule has 2 atom stereocenters. The highest BCUT2D eigenvalue weighted by Gasteiger charge is 2.21. The first-order valence-corrected chi connectivity index (χ1v) is 4.52. The average molecular weight is 162 g/mol. The zero-order valence-electron chi connectivity index (χ0n) is 7.33. The fourth-order valence-electron chi connectivity index (χ4n) is 1.77. The number of pyridine rings is 1. The smallest absolute Gasteiger partial charge is 0.0338 e. The van der Waals surface area contributed by atoms with Gasteiger partial charge < -0.3 is 5.32 Å². The first-order valence-electron chi connectivity index (χ1n) is 4.52. The molecule has 0 aromatic carbocycles. The lowest BCUT2D eigenvalue weighted by Crippen LogP contribution is -2.20. The molecule has 1 aromatic heterocycles. The van der Waals surface area contributed by atoms with Gasteiger partial charge in [-0.15, -0.1) is 0 Å². The largest absolute Gasteiger partial charge is 0.307 e. The fourth-order valence-corrected chi connectivity index (χ4v) is 1.77. The van der Waals surface area contributed by atoms with Gasteiger partial charge in [-0.2, -0.15) is 0 Å². The Bertz CT molecular complexity index is 245. The molecule has 0 amide bonds. The third kappa shape index (κ3) is 1.48. The van der Waals surface area contributed by atoms with Crippen LogP contribution in [-0.4, -0.2) is 11.0 Å². The summed E-state index contributed by atoms with van der Waals surface area (Å²) in [5.74, 6) is 0. The van der Waals surface area contributed by atoms with Crippen molar-refractivity contribution in [3.63, 3.8) is 0 Å². The summed E-state index contributed by atoms with van der Waals surface area (Å²) in [4.78, 5) is 4.11. The zero-order valence-corrected chi connectivity index (χ0v) is 7.33. The van der Waals surface area contributed by atoms with Gasteiger partial charge in [0.25, 0.3) is 0 Å². The van der Waals surface area contributed by atoms with E-state index in [1.54, 1.807) is 0 Å². The van der Waals surface area contributed by atoms with Gasteiger partial charge in [-0.1, -0.05) is 6.07 Å². The first kappa shape index (κ1) is 7.74. The predicted octanol–water partition coefficient (Wildman–Crippen LogP) is 1.89. The average Bonchev–Trinajstić information content (AvgIpc) is 2.54. The highest BCUT2D eigenvalue weighted by Crippen LogP contribution is 2.25. The summed E-state index contributed by atoms with van der Waals surface area (Å²) in [6, 6.07) is 5.34. The molecule has 0 spiro atoms. The van der Waals surface area contributed by atoms with E-state index in [4.69, 9.17) is 0 Å². The summed E-state index contributed by atoms with van der Waals surface area (Å²) in [5, 5.41) is 3.53. The Balaban J connectivity index is 2.11. The summed E-state index contributed by atoms with van der Waals surface area (Å²) in [6.07, 6.45) is 6.30. The van der Waals surface area contributed by atoms with E-state index in [2.05, 4.69) is 23.3 Å². The summed E-state index contributed by atoms with van der Waals surface area (Å²) >= 11 is 0. The van der Waals surface area contributed by atoms with Gasteiger partial charge in [0.15, 0.2) is 0 Å². The number of hydrogen-bond donors (Lipinski definition) is 1. The van der Waals surface area contributed by atoms with Crippen LogP contribution in [0.3, 0.4) is 0 Å². The van der Waals surface area contributed by atoms with E-state index in [0.717, 1.165) is 0 Å². The van der Waals surface area contributed by atoms with Crippen molar-refractivity contribution < 1.29 is 0 Å². The van der Waals surface area contributed by atoms with Crippen molar-refractivity contribution in [3.8, 4) is 0 Å². The maximum atomic E-state index is 4.11. The van der Waals surface area contributed by atoms with E-state index < -0.39 is 0 Å². The molecule has 1 aromatic rings. The lowest BCUT2D eigenvalue weighted by Gasteiger charge is -2.10. The summed E-state index contributed by atoms with van der Waals surface area (Å²) in [7, 11) is 0. The second-order valence-corrected chi connectivity index (χ2v) is 3.48. The minimum Gasteiger partial charge on any atom is -0.307 e. The van der Waals surface area contributed by atoms with Crippen LogP contribution in [0.5, 0.6) is 0 Å². The molecule has 12 heavy (non-hydrogen) atoms. The molecular weight excluding hydrogens is 148 g/mol. The molecule has 2 heteroatoms. The molecule has 1 aliphatic heterocycles. The molecule has 0 bridgehead atoms. The van der Waals surface area contributed by atoms with Crippen molar-refractivity contribution in [1.82, 2.24) is 10.3 Å². The Labute approximate surface area is 73.0 Å². The van der Waals surface area contributed by atoms with E-state index in [1.165, 1.54) is 18.4 Å². The Morgan fingerprint density at radius 2 is 2.42 bits per heavy atom. The SMILES string of the molecule is CC1CCC(c2cccnc2)N1. The van der Waals surface area contributed by atoms with Gasteiger partial charge in [0.2, 0.25) is 0 Å². The molecular formula is C10H14N2. The van der Waals surface area contributed by atoms with Crippen molar-refractivity contribution in [3.05, 3.63) is 30.1 Å². The second kappa shape index (κ2) is 3.23.